The van der Waals surface area contributed by atoms with Crippen LogP contribution in [0.2, 0.25) is 0 Å². The van der Waals surface area contributed by atoms with E-state index in [0.29, 0.717) is 12.2 Å². The SMILES string of the molecule is CCn1ncnc1Cn1cc(N)ccc1=O. The number of rotatable bonds is 3. The highest BCUT2D eigenvalue weighted by Crippen LogP contribution is 2.00. The molecule has 16 heavy (non-hydrogen) atoms. The quantitative estimate of drug-likeness (QED) is 0.793. The zero-order valence-corrected chi connectivity index (χ0v) is 9.00. The number of hydrogen-bond donors (Lipinski definition) is 1. The van der Waals surface area contributed by atoms with E-state index < -0.39 is 0 Å². The summed E-state index contributed by atoms with van der Waals surface area (Å²) >= 11 is 0. The summed E-state index contributed by atoms with van der Waals surface area (Å²) in [5, 5.41) is 4.04. The van der Waals surface area contributed by atoms with Gasteiger partial charge in [-0.2, -0.15) is 5.10 Å². The summed E-state index contributed by atoms with van der Waals surface area (Å²) in [6.45, 7) is 3.09. The molecule has 0 radical (unpaired) electrons. The van der Waals surface area contributed by atoms with Crippen molar-refractivity contribution in [3.63, 3.8) is 0 Å². The number of aryl methyl sites for hydroxylation is 1. The van der Waals surface area contributed by atoms with Crippen LogP contribution in [-0.4, -0.2) is 19.3 Å². The minimum atomic E-state index is -0.0974. The van der Waals surface area contributed by atoms with Crippen molar-refractivity contribution in [1.82, 2.24) is 19.3 Å². The fraction of sp³-hybridized carbons (Fsp3) is 0.300. The van der Waals surface area contributed by atoms with Crippen LogP contribution in [0.1, 0.15) is 12.7 Å². The van der Waals surface area contributed by atoms with E-state index in [1.807, 2.05) is 6.92 Å². The van der Waals surface area contributed by atoms with Crippen LogP contribution < -0.4 is 11.3 Å². The zero-order valence-electron chi connectivity index (χ0n) is 9.00. The van der Waals surface area contributed by atoms with Gasteiger partial charge in [-0.3, -0.25) is 4.79 Å². The van der Waals surface area contributed by atoms with Gasteiger partial charge in [0.25, 0.3) is 5.56 Å². The van der Waals surface area contributed by atoms with Crippen molar-refractivity contribution in [3.8, 4) is 0 Å². The lowest BCUT2D eigenvalue weighted by atomic mass is 10.4. The summed E-state index contributed by atoms with van der Waals surface area (Å²) in [5.74, 6) is 0.746. The average molecular weight is 219 g/mol. The number of hydrogen-bond acceptors (Lipinski definition) is 4. The molecule has 0 aliphatic heterocycles. The first-order valence-corrected chi connectivity index (χ1v) is 5.03. The second kappa shape index (κ2) is 4.18. The van der Waals surface area contributed by atoms with Gasteiger partial charge in [0, 0.05) is 24.5 Å². The lowest BCUT2D eigenvalue weighted by molar-refractivity contribution is 0.586. The molecule has 0 atom stereocenters. The predicted molar refractivity (Wildman–Crippen MR) is 59.9 cm³/mol. The topological polar surface area (TPSA) is 78.7 Å². The number of nitrogen functional groups attached to an aromatic ring is 1. The predicted octanol–water partition coefficient (Wildman–Crippen LogP) is 0.0902. The van der Waals surface area contributed by atoms with Gasteiger partial charge in [-0.05, 0) is 13.0 Å². The highest BCUT2D eigenvalue weighted by molar-refractivity contribution is 5.33. The molecule has 0 spiro atoms. The lowest BCUT2D eigenvalue weighted by Gasteiger charge is -2.06. The van der Waals surface area contributed by atoms with E-state index in [0.717, 1.165) is 12.4 Å². The van der Waals surface area contributed by atoms with Crippen LogP contribution in [0.25, 0.3) is 0 Å². The van der Waals surface area contributed by atoms with Crippen molar-refractivity contribution in [2.75, 3.05) is 5.73 Å². The van der Waals surface area contributed by atoms with Crippen LogP contribution in [0, 0.1) is 0 Å². The van der Waals surface area contributed by atoms with Crippen LogP contribution in [0.5, 0.6) is 0 Å². The molecule has 6 nitrogen and oxygen atoms in total. The summed E-state index contributed by atoms with van der Waals surface area (Å²) in [5.41, 5.74) is 6.08. The van der Waals surface area contributed by atoms with Gasteiger partial charge in [0.2, 0.25) is 0 Å². The number of nitrogens with two attached hydrogens (primary N) is 1. The maximum atomic E-state index is 11.5. The van der Waals surface area contributed by atoms with Crippen molar-refractivity contribution in [1.29, 1.82) is 0 Å². The van der Waals surface area contributed by atoms with E-state index in [1.165, 1.54) is 17.0 Å². The minimum Gasteiger partial charge on any atom is -0.398 e. The Morgan fingerprint density at radius 1 is 1.44 bits per heavy atom. The molecule has 0 bridgehead atoms. The van der Waals surface area contributed by atoms with Gasteiger partial charge in [0.05, 0.1) is 6.54 Å². The maximum Gasteiger partial charge on any atom is 0.251 e. The fourth-order valence-corrected chi connectivity index (χ4v) is 1.50. The molecule has 0 aliphatic carbocycles. The third-order valence-corrected chi connectivity index (χ3v) is 2.31. The largest absolute Gasteiger partial charge is 0.398 e. The van der Waals surface area contributed by atoms with Crippen LogP contribution in [0.15, 0.2) is 29.5 Å². The van der Waals surface area contributed by atoms with E-state index >= 15 is 0 Å². The second-order valence-electron chi connectivity index (χ2n) is 3.42. The van der Waals surface area contributed by atoms with Gasteiger partial charge in [-0.1, -0.05) is 0 Å². The van der Waals surface area contributed by atoms with E-state index in [-0.39, 0.29) is 5.56 Å². The Hall–Kier alpha value is -2.11. The van der Waals surface area contributed by atoms with Gasteiger partial charge < -0.3 is 10.3 Å². The molecule has 84 valence electrons. The number of nitrogens with zero attached hydrogens (tertiary/aromatic N) is 4. The third kappa shape index (κ3) is 1.95. The minimum absolute atomic E-state index is 0.0974. The van der Waals surface area contributed by atoms with Crippen LogP contribution in [0.3, 0.4) is 0 Å². The summed E-state index contributed by atoms with van der Waals surface area (Å²) in [7, 11) is 0. The number of pyridine rings is 1. The molecule has 0 aliphatic rings. The van der Waals surface area contributed by atoms with Gasteiger partial charge in [-0.25, -0.2) is 9.67 Å². The second-order valence-corrected chi connectivity index (χ2v) is 3.42. The summed E-state index contributed by atoms with van der Waals surface area (Å²) in [6.07, 6.45) is 3.09. The highest BCUT2D eigenvalue weighted by atomic mass is 16.1. The van der Waals surface area contributed by atoms with Crippen molar-refractivity contribution < 1.29 is 0 Å². The Balaban J connectivity index is 2.33. The molecule has 2 N–H and O–H groups in total. The van der Waals surface area contributed by atoms with E-state index in [9.17, 15) is 4.79 Å². The van der Waals surface area contributed by atoms with E-state index in [1.54, 1.807) is 16.9 Å². The van der Waals surface area contributed by atoms with Gasteiger partial charge in [0.15, 0.2) is 0 Å². The normalized spacial score (nSPS) is 10.6. The zero-order chi connectivity index (χ0) is 11.5. The first-order chi connectivity index (χ1) is 7.70. The summed E-state index contributed by atoms with van der Waals surface area (Å²) < 4.78 is 3.27. The van der Waals surface area contributed by atoms with Crippen molar-refractivity contribution in [2.24, 2.45) is 0 Å². The van der Waals surface area contributed by atoms with Crippen LogP contribution >= 0.6 is 0 Å². The lowest BCUT2D eigenvalue weighted by Crippen LogP contribution is -2.21. The van der Waals surface area contributed by atoms with Crippen molar-refractivity contribution in [2.45, 2.75) is 20.0 Å². The monoisotopic (exact) mass is 219 g/mol. The molecule has 0 saturated carbocycles. The summed E-state index contributed by atoms with van der Waals surface area (Å²) in [4.78, 5) is 15.7. The molecular formula is C10H13N5O. The molecular weight excluding hydrogens is 206 g/mol. The molecule has 2 rings (SSSR count). The highest BCUT2D eigenvalue weighted by Gasteiger charge is 2.04. The summed E-state index contributed by atoms with van der Waals surface area (Å²) in [6, 6.07) is 3.03. The average Bonchev–Trinajstić information content (AvgIpc) is 2.71. The van der Waals surface area contributed by atoms with Crippen molar-refractivity contribution in [3.05, 3.63) is 40.8 Å². The standard InChI is InChI=1S/C10H13N5O/c1-2-15-9(12-7-13-15)6-14-5-8(11)3-4-10(14)16/h3-5,7H,2,6,11H2,1H3. The van der Waals surface area contributed by atoms with E-state index in [4.69, 9.17) is 5.73 Å². The number of aromatic nitrogens is 4. The third-order valence-electron chi connectivity index (χ3n) is 2.31. The molecule has 0 aromatic carbocycles. The van der Waals surface area contributed by atoms with Gasteiger partial charge in [0.1, 0.15) is 12.2 Å². The van der Waals surface area contributed by atoms with Gasteiger partial charge >= 0.3 is 0 Å². The first kappa shape index (κ1) is 10.4. The Morgan fingerprint density at radius 3 is 3.00 bits per heavy atom. The fourth-order valence-electron chi connectivity index (χ4n) is 1.50. The van der Waals surface area contributed by atoms with Crippen LogP contribution in [-0.2, 0) is 13.1 Å². The Morgan fingerprint density at radius 2 is 2.25 bits per heavy atom. The van der Waals surface area contributed by atoms with Crippen molar-refractivity contribution >= 4 is 5.69 Å². The molecule has 2 aromatic heterocycles. The molecule has 2 heterocycles. The van der Waals surface area contributed by atoms with E-state index in [2.05, 4.69) is 10.1 Å². The maximum absolute atomic E-state index is 11.5. The molecule has 6 heteroatoms. The molecule has 0 amide bonds. The molecule has 0 saturated heterocycles. The Kier molecular flexibility index (Phi) is 2.72. The molecule has 0 unspecified atom stereocenters. The smallest absolute Gasteiger partial charge is 0.251 e. The Bertz CT molecular complexity index is 542. The molecule has 2 aromatic rings. The van der Waals surface area contributed by atoms with Gasteiger partial charge in [-0.15, -0.1) is 0 Å². The first-order valence-electron chi connectivity index (χ1n) is 5.03. The Labute approximate surface area is 92.3 Å². The van der Waals surface area contributed by atoms with Crippen LogP contribution in [0.4, 0.5) is 5.69 Å². The molecule has 0 fully saturated rings. The number of anilines is 1.